The van der Waals surface area contributed by atoms with Crippen LogP contribution in [0.5, 0.6) is 5.75 Å². The maximum absolute atomic E-state index is 12.1. The molecule has 0 bridgehead atoms. The SMILES string of the molecule is Cc1noc(C)c1COc1ccc(C(=O)OCCCNc2ccc([N+](=O)[O-])cn2)cc1. The van der Waals surface area contributed by atoms with Gasteiger partial charge in [0.25, 0.3) is 5.69 Å². The van der Waals surface area contributed by atoms with Crippen LogP contribution in [0.3, 0.4) is 0 Å². The van der Waals surface area contributed by atoms with E-state index in [1.54, 1.807) is 24.3 Å². The molecule has 162 valence electrons. The quantitative estimate of drug-likeness (QED) is 0.222. The highest BCUT2D eigenvalue weighted by atomic mass is 16.6. The fourth-order valence-corrected chi connectivity index (χ4v) is 2.69. The monoisotopic (exact) mass is 426 g/mol. The van der Waals surface area contributed by atoms with Gasteiger partial charge in [0.1, 0.15) is 30.1 Å². The van der Waals surface area contributed by atoms with Gasteiger partial charge in [0, 0.05) is 12.6 Å². The molecule has 2 aromatic heterocycles. The van der Waals surface area contributed by atoms with Gasteiger partial charge in [-0.05, 0) is 50.6 Å². The van der Waals surface area contributed by atoms with Crippen molar-refractivity contribution in [1.82, 2.24) is 10.1 Å². The smallest absolute Gasteiger partial charge is 0.338 e. The average molecular weight is 426 g/mol. The number of aryl methyl sites for hydroxylation is 2. The summed E-state index contributed by atoms with van der Waals surface area (Å²) in [6, 6.07) is 9.60. The first kappa shape index (κ1) is 21.8. The molecule has 3 aromatic rings. The summed E-state index contributed by atoms with van der Waals surface area (Å²) in [6.45, 7) is 4.75. The van der Waals surface area contributed by atoms with Gasteiger partial charge in [0.15, 0.2) is 0 Å². The molecule has 10 nitrogen and oxygen atoms in total. The van der Waals surface area contributed by atoms with E-state index in [-0.39, 0.29) is 12.3 Å². The Hall–Kier alpha value is -3.95. The number of carbonyl (C=O) groups is 1. The van der Waals surface area contributed by atoms with E-state index < -0.39 is 10.9 Å². The fraction of sp³-hybridized carbons (Fsp3) is 0.286. The maximum atomic E-state index is 12.1. The first-order chi connectivity index (χ1) is 14.9. The minimum absolute atomic E-state index is 0.0698. The topological polar surface area (TPSA) is 130 Å². The van der Waals surface area contributed by atoms with Crippen LogP contribution in [0.15, 0.2) is 47.1 Å². The first-order valence-electron chi connectivity index (χ1n) is 9.60. The number of pyridine rings is 1. The number of benzene rings is 1. The predicted molar refractivity (Wildman–Crippen MR) is 111 cm³/mol. The van der Waals surface area contributed by atoms with E-state index in [1.807, 2.05) is 13.8 Å². The Labute approximate surface area is 178 Å². The van der Waals surface area contributed by atoms with Crippen LogP contribution in [0.4, 0.5) is 11.5 Å². The summed E-state index contributed by atoms with van der Waals surface area (Å²) in [7, 11) is 0. The van der Waals surface area contributed by atoms with E-state index in [0.717, 1.165) is 17.0 Å². The number of carbonyl (C=O) groups excluding carboxylic acids is 1. The lowest BCUT2D eigenvalue weighted by Gasteiger charge is -2.08. The standard InChI is InChI=1S/C21H22N4O6/c1-14-19(15(2)31-24-14)13-30-18-7-4-16(5-8-18)21(26)29-11-3-10-22-20-9-6-17(12-23-20)25(27)28/h4-9,12H,3,10-11,13H2,1-2H3,(H,22,23). The minimum Gasteiger partial charge on any atom is -0.489 e. The van der Waals surface area contributed by atoms with Gasteiger partial charge in [-0.3, -0.25) is 10.1 Å². The molecule has 0 fully saturated rings. The lowest BCUT2D eigenvalue weighted by atomic mass is 10.2. The largest absolute Gasteiger partial charge is 0.489 e. The first-order valence-corrected chi connectivity index (χ1v) is 9.60. The van der Waals surface area contributed by atoms with Crippen LogP contribution in [0, 0.1) is 24.0 Å². The highest BCUT2D eigenvalue weighted by Crippen LogP contribution is 2.18. The summed E-state index contributed by atoms with van der Waals surface area (Å²) < 4.78 is 16.1. The maximum Gasteiger partial charge on any atom is 0.338 e. The van der Waals surface area contributed by atoms with Crippen LogP contribution in [-0.2, 0) is 11.3 Å². The van der Waals surface area contributed by atoms with Crippen LogP contribution >= 0.6 is 0 Å². The summed E-state index contributed by atoms with van der Waals surface area (Å²) in [5.41, 5.74) is 2.05. The number of nitrogens with one attached hydrogen (secondary N) is 1. The molecule has 31 heavy (non-hydrogen) atoms. The molecule has 0 atom stereocenters. The zero-order valence-corrected chi connectivity index (χ0v) is 17.2. The summed E-state index contributed by atoms with van der Waals surface area (Å²) in [4.78, 5) is 26.2. The van der Waals surface area contributed by atoms with Gasteiger partial charge in [-0.1, -0.05) is 5.16 Å². The number of nitrogens with zero attached hydrogens (tertiary/aromatic N) is 3. The summed E-state index contributed by atoms with van der Waals surface area (Å²) in [5, 5.41) is 17.5. The molecule has 0 amide bonds. The Kier molecular flexibility index (Phi) is 7.15. The van der Waals surface area contributed by atoms with E-state index in [4.69, 9.17) is 14.0 Å². The molecule has 1 aromatic carbocycles. The normalized spacial score (nSPS) is 10.5. The average Bonchev–Trinajstić information content (AvgIpc) is 3.09. The second-order valence-corrected chi connectivity index (χ2v) is 6.69. The summed E-state index contributed by atoms with van der Waals surface area (Å²) in [5.74, 6) is 1.43. The molecule has 0 saturated heterocycles. The summed E-state index contributed by atoms with van der Waals surface area (Å²) in [6.07, 6.45) is 1.74. The fourth-order valence-electron chi connectivity index (χ4n) is 2.69. The molecule has 0 saturated carbocycles. The van der Waals surface area contributed by atoms with E-state index in [2.05, 4.69) is 15.5 Å². The Morgan fingerprint density at radius 1 is 1.19 bits per heavy atom. The molecular weight excluding hydrogens is 404 g/mol. The van der Waals surface area contributed by atoms with Crippen LogP contribution in [-0.4, -0.2) is 34.2 Å². The molecule has 0 spiro atoms. The lowest BCUT2D eigenvalue weighted by Crippen LogP contribution is -2.11. The number of nitro groups is 1. The molecule has 0 radical (unpaired) electrons. The molecule has 0 unspecified atom stereocenters. The molecule has 0 aliphatic carbocycles. The van der Waals surface area contributed by atoms with Crippen molar-refractivity contribution >= 4 is 17.5 Å². The number of rotatable bonds is 10. The third-order valence-corrected chi connectivity index (χ3v) is 4.47. The molecule has 0 aliphatic heterocycles. The van der Waals surface area contributed by atoms with Crippen LogP contribution in [0.25, 0.3) is 0 Å². The van der Waals surface area contributed by atoms with Crippen molar-refractivity contribution in [3.8, 4) is 5.75 Å². The van der Waals surface area contributed by atoms with Gasteiger partial charge in [-0.15, -0.1) is 0 Å². The van der Waals surface area contributed by atoms with Gasteiger partial charge < -0.3 is 19.3 Å². The van der Waals surface area contributed by atoms with Crippen LogP contribution < -0.4 is 10.1 Å². The van der Waals surface area contributed by atoms with Gasteiger partial charge >= 0.3 is 5.97 Å². The van der Waals surface area contributed by atoms with Gasteiger partial charge in [-0.25, -0.2) is 9.78 Å². The van der Waals surface area contributed by atoms with Crippen LogP contribution in [0.1, 0.15) is 33.8 Å². The second-order valence-electron chi connectivity index (χ2n) is 6.69. The van der Waals surface area contributed by atoms with Crippen LogP contribution in [0.2, 0.25) is 0 Å². The third kappa shape index (κ3) is 6.01. The highest BCUT2D eigenvalue weighted by Gasteiger charge is 2.11. The molecule has 0 aliphatic rings. The Balaban J connectivity index is 1.38. The zero-order valence-electron chi connectivity index (χ0n) is 17.2. The number of aromatic nitrogens is 2. The van der Waals surface area contributed by atoms with Crippen molar-refractivity contribution in [3.63, 3.8) is 0 Å². The van der Waals surface area contributed by atoms with Crippen molar-refractivity contribution in [2.75, 3.05) is 18.5 Å². The van der Waals surface area contributed by atoms with E-state index in [9.17, 15) is 14.9 Å². The van der Waals surface area contributed by atoms with Crippen molar-refractivity contribution in [2.45, 2.75) is 26.9 Å². The van der Waals surface area contributed by atoms with Gasteiger partial charge in [-0.2, -0.15) is 0 Å². The third-order valence-electron chi connectivity index (χ3n) is 4.47. The molecule has 10 heteroatoms. The molecule has 2 heterocycles. The number of hydrogen-bond acceptors (Lipinski definition) is 9. The minimum atomic E-state index is -0.506. The highest BCUT2D eigenvalue weighted by molar-refractivity contribution is 5.89. The van der Waals surface area contributed by atoms with E-state index >= 15 is 0 Å². The molecule has 1 N–H and O–H groups in total. The van der Waals surface area contributed by atoms with Gasteiger partial charge in [0.2, 0.25) is 0 Å². The predicted octanol–water partition coefficient (Wildman–Crippen LogP) is 3.83. The molecular formula is C21H22N4O6. The van der Waals surface area contributed by atoms with E-state index in [1.165, 1.54) is 18.3 Å². The number of ether oxygens (including phenoxy) is 2. The number of esters is 1. The van der Waals surface area contributed by atoms with Crippen molar-refractivity contribution in [3.05, 3.63) is 75.3 Å². The number of hydrogen-bond donors (Lipinski definition) is 1. The van der Waals surface area contributed by atoms with E-state index in [0.29, 0.717) is 36.7 Å². The van der Waals surface area contributed by atoms with Crippen molar-refractivity contribution in [1.29, 1.82) is 0 Å². The molecule has 3 rings (SSSR count). The second kappa shape index (κ2) is 10.2. The Morgan fingerprint density at radius 3 is 2.58 bits per heavy atom. The zero-order chi connectivity index (χ0) is 22.2. The Morgan fingerprint density at radius 2 is 1.97 bits per heavy atom. The van der Waals surface area contributed by atoms with Crippen molar-refractivity contribution < 1.29 is 23.7 Å². The number of anilines is 1. The van der Waals surface area contributed by atoms with Gasteiger partial charge in [0.05, 0.1) is 28.4 Å². The van der Waals surface area contributed by atoms with Crippen molar-refractivity contribution in [2.24, 2.45) is 0 Å². The summed E-state index contributed by atoms with van der Waals surface area (Å²) >= 11 is 0. The lowest BCUT2D eigenvalue weighted by molar-refractivity contribution is -0.385. The Bertz CT molecular complexity index is 1010.